The summed E-state index contributed by atoms with van der Waals surface area (Å²) in [4.78, 5) is 14.3. The molecule has 7 nitrogen and oxygen atoms in total. The van der Waals surface area contributed by atoms with Gasteiger partial charge in [0.1, 0.15) is 5.69 Å². The number of aryl methyl sites for hydroxylation is 2. The quantitative estimate of drug-likeness (QED) is 0.605. The van der Waals surface area contributed by atoms with Gasteiger partial charge in [-0.05, 0) is 44.2 Å². The number of ether oxygens (including phenoxy) is 2. The van der Waals surface area contributed by atoms with Gasteiger partial charge in [-0.3, -0.25) is 15.0 Å². The molecule has 0 bridgehead atoms. The van der Waals surface area contributed by atoms with Crippen molar-refractivity contribution in [2.45, 2.75) is 20.4 Å². The molecule has 0 saturated carbocycles. The molecule has 0 aliphatic carbocycles. The van der Waals surface area contributed by atoms with Crippen molar-refractivity contribution >= 4 is 11.8 Å². The second-order valence-corrected chi connectivity index (χ2v) is 7.30. The Bertz CT molecular complexity index is 1010. The summed E-state index contributed by atoms with van der Waals surface area (Å²) >= 11 is 0. The van der Waals surface area contributed by atoms with Crippen LogP contribution in [0, 0.1) is 13.8 Å². The number of carbonyl (C=O) groups is 1. The molecule has 0 saturated heterocycles. The monoisotopic (exact) mass is 409 g/mol. The lowest BCUT2D eigenvalue weighted by Gasteiger charge is -2.19. The van der Waals surface area contributed by atoms with Crippen LogP contribution in [0.15, 0.2) is 47.0 Å². The molecule has 30 heavy (non-hydrogen) atoms. The van der Waals surface area contributed by atoms with Crippen molar-refractivity contribution in [3.8, 4) is 22.8 Å². The van der Waals surface area contributed by atoms with Crippen molar-refractivity contribution in [1.82, 2.24) is 10.1 Å². The predicted molar refractivity (Wildman–Crippen MR) is 116 cm³/mol. The van der Waals surface area contributed by atoms with Crippen molar-refractivity contribution in [2.24, 2.45) is 0 Å². The van der Waals surface area contributed by atoms with Crippen LogP contribution in [0.5, 0.6) is 11.5 Å². The lowest BCUT2D eigenvalue weighted by atomic mass is 10.1. The second kappa shape index (κ2) is 9.45. The summed E-state index contributed by atoms with van der Waals surface area (Å²) in [5, 5.41) is 6.80. The van der Waals surface area contributed by atoms with Crippen LogP contribution >= 0.6 is 0 Å². The number of rotatable bonds is 8. The highest BCUT2D eigenvalue weighted by atomic mass is 16.5. The topological polar surface area (TPSA) is 76.8 Å². The average Bonchev–Trinajstić information content (AvgIpc) is 3.17. The number of carbonyl (C=O) groups excluding carboxylic acids is 1. The van der Waals surface area contributed by atoms with E-state index >= 15 is 0 Å². The van der Waals surface area contributed by atoms with Crippen molar-refractivity contribution in [2.75, 3.05) is 33.1 Å². The zero-order valence-corrected chi connectivity index (χ0v) is 18.0. The molecule has 0 aliphatic heterocycles. The maximum atomic E-state index is 12.4. The third-order valence-corrected chi connectivity index (χ3v) is 4.82. The first-order valence-electron chi connectivity index (χ1n) is 9.63. The number of nitrogens with one attached hydrogen (secondary N) is 1. The van der Waals surface area contributed by atoms with Crippen molar-refractivity contribution in [1.29, 1.82) is 0 Å². The molecule has 0 fully saturated rings. The lowest BCUT2D eigenvalue weighted by molar-refractivity contribution is -0.117. The van der Waals surface area contributed by atoms with E-state index in [0.29, 0.717) is 29.6 Å². The van der Waals surface area contributed by atoms with Gasteiger partial charge in [-0.1, -0.05) is 35.0 Å². The lowest BCUT2D eigenvalue weighted by Crippen LogP contribution is -2.30. The van der Waals surface area contributed by atoms with E-state index in [9.17, 15) is 4.79 Å². The van der Waals surface area contributed by atoms with Gasteiger partial charge in [-0.2, -0.15) is 0 Å². The number of amides is 1. The minimum atomic E-state index is -0.178. The Morgan fingerprint density at radius 1 is 1.07 bits per heavy atom. The minimum Gasteiger partial charge on any atom is -0.493 e. The molecule has 0 aliphatic rings. The fourth-order valence-corrected chi connectivity index (χ4v) is 3.16. The molecule has 3 rings (SSSR count). The number of anilines is 1. The SMILES string of the molecule is COc1cc(C)c(CN(C)CC(=O)Nc2cc(-c3ccc(C)cc3)no2)cc1OC. The highest BCUT2D eigenvalue weighted by Gasteiger charge is 2.14. The van der Waals surface area contributed by atoms with Gasteiger partial charge < -0.3 is 14.0 Å². The molecule has 3 aromatic rings. The molecule has 158 valence electrons. The van der Waals surface area contributed by atoms with E-state index in [1.54, 1.807) is 20.3 Å². The van der Waals surface area contributed by atoms with Crippen LogP contribution in [0.1, 0.15) is 16.7 Å². The van der Waals surface area contributed by atoms with Crippen LogP contribution in [0.25, 0.3) is 11.3 Å². The predicted octanol–water partition coefficient (Wildman–Crippen LogP) is 4.05. The van der Waals surface area contributed by atoms with Gasteiger partial charge in [0.2, 0.25) is 11.8 Å². The molecule has 0 spiro atoms. The molecule has 0 unspecified atom stereocenters. The van der Waals surface area contributed by atoms with Gasteiger partial charge >= 0.3 is 0 Å². The molecule has 0 atom stereocenters. The summed E-state index contributed by atoms with van der Waals surface area (Å²) in [6.45, 7) is 4.82. The Morgan fingerprint density at radius 2 is 1.73 bits per heavy atom. The molecule has 1 heterocycles. The highest BCUT2D eigenvalue weighted by Crippen LogP contribution is 2.30. The second-order valence-electron chi connectivity index (χ2n) is 7.30. The van der Waals surface area contributed by atoms with Crippen molar-refractivity contribution in [3.63, 3.8) is 0 Å². The first-order valence-corrected chi connectivity index (χ1v) is 9.63. The Labute approximate surface area is 176 Å². The van der Waals surface area contributed by atoms with Gasteiger partial charge in [-0.15, -0.1) is 0 Å². The number of hydrogen-bond donors (Lipinski definition) is 1. The van der Waals surface area contributed by atoms with E-state index in [2.05, 4.69) is 10.5 Å². The Kier molecular flexibility index (Phi) is 6.74. The van der Waals surface area contributed by atoms with Crippen molar-refractivity contribution < 1.29 is 18.8 Å². The molecule has 1 amide bonds. The van der Waals surface area contributed by atoms with Crippen LogP contribution in [-0.4, -0.2) is 43.8 Å². The molecule has 2 aromatic carbocycles. The molecule has 0 radical (unpaired) electrons. The van der Waals surface area contributed by atoms with Crippen LogP contribution in [-0.2, 0) is 11.3 Å². The zero-order chi connectivity index (χ0) is 21.7. The van der Waals surface area contributed by atoms with E-state index in [1.807, 2.05) is 62.2 Å². The molecule has 7 heteroatoms. The normalized spacial score (nSPS) is 10.9. The Morgan fingerprint density at radius 3 is 2.40 bits per heavy atom. The van der Waals surface area contributed by atoms with Crippen LogP contribution in [0.4, 0.5) is 5.88 Å². The van der Waals surface area contributed by atoms with E-state index < -0.39 is 0 Å². The average molecular weight is 409 g/mol. The summed E-state index contributed by atoms with van der Waals surface area (Å²) in [6, 6.07) is 13.5. The van der Waals surface area contributed by atoms with Gasteiger partial charge in [0.25, 0.3) is 0 Å². The summed E-state index contributed by atoms with van der Waals surface area (Å²) in [7, 11) is 5.10. The smallest absolute Gasteiger partial charge is 0.240 e. The number of likely N-dealkylation sites (N-methyl/N-ethyl adjacent to an activating group) is 1. The third-order valence-electron chi connectivity index (χ3n) is 4.82. The Balaban J connectivity index is 1.59. The van der Waals surface area contributed by atoms with Gasteiger partial charge in [0, 0.05) is 18.2 Å². The summed E-state index contributed by atoms with van der Waals surface area (Å²) in [6.07, 6.45) is 0. The fraction of sp³-hybridized carbons (Fsp3) is 0.304. The first-order chi connectivity index (χ1) is 14.4. The summed E-state index contributed by atoms with van der Waals surface area (Å²) in [5.74, 6) is 1.50. The van der Waals surface area contributed by atoms with Crippen LogP contribution in [0.3, 0.4) is 0 Å². The molecule has 1 aromatic heterocycles. The maximum absolute atomic E-state index is 12.4. The molecule has 1 N–H and O–H groups in total. The number of hydrogen-bond acceptors (Lipinski definition) is 6. The first kappa shape index (κ1) is 21.4. The van der Waals surface area contributed by atoms with E-state index in [1.165, 1.54) is 5.56 Å². The fourth-order valence-electron chi connectivity index (χ4n) is 3.16. The largest absolute Gasteiger partial charge is 0.493 e. The maximum Gasteiger partial charge on any atom is 0.240 e. The molecular weight excluding hydrogens is 382 g/mol. The number of methoxy groups -OCH3 is 2. The van der Waals surface area contributed by atoms with Crippen LogP contribution < -0.4 is 14.8 Å². The van der Waals surface area contributed by atoms with Crippen LogP contribution in [0.2, 0.25) is 0 Å². The summed E-state index contributed by atoms with van der Waals surface area (Å²) in [5.41, 5.74) is 4.91. The van der Waals surface area contributed by atoms with Gasteiger partial charge in [-0.25, -0.2) is 0 Å². The highest BCUT2D eigenvalue weighted by molar-refractivity contribution is 5.91. The Hall–Kier alpha value is -3.32. The van der Waals surface area contributed by atoms with E-state index in [0.717, 1.165) is 16.7 Å². The minimum absolute atomic E-state index is 0.178. The number of nitrogens with zero attached hydrogens (tertiary/aromatic N) is 2. The van der Waals surface area contributed by atoms with Gasteiger partial charge in [0.05, 0.1) is 20.8 Å². The van der Waals surface area contributed by atoms with E-state index in [-0.39, 0.29) is 12.5 Å². The zero-order valence-electron chi connectivity index (χ0n) is 18.0. The molecular formula is C23H27N3O4. The summed E-state index contributed by atoms with van der Waals surface area (Å²) < 4.78 is 16.0. The van der Waals surface area contributed by atoms with E-state index in [4.69, 9.17) is 14.0 Å². The third kappa shape index (κ3) is 5.18. The number of benzene rings is 2. The number of aromatic nitrogens is 1. The van der Waals surface area contributed by atoms with Gasteiger partial charge in [0.15, 0.2) is 11.5 Å². The van der Waals surface area contributed by atoms with Crippen molar-refractivity contribution in [3.05, 3.63) is 59.2 Å². The standard InChI is InChI=1S/C23H27N3O4/c1-15-6-8-17(9-7-15)19-12-23(30-25-19)24-22(27)14-26(3)13-18-11-21(29-5)20(28-4)10-16(18)2/h6-12H,13-14H2,1-5H3,(H,24,27).